The van der Waals surface area contributed by atoms with Gasteiger partial charge in [0.05, 0.1) is 11.7 Å². The molecule has 0 amide bonds. The Kier molecular flexibility index (Phi) is 16.6. The molecule has 1 N–H and O–H groups in total. The zero-order valence-corrected chi connectivity index (χ0v) is 24.0. The number of carbonyl (C=O) groups excluding carboxylic acids is 1. The van der Waals surface area contributed by atoms with Crippen LogP contribution in [0.25, 0.3) is 0 Å². The van der Waals surface area contributed by atoms with Crippen molar-refractivity contribution in [3.63, 3.8) is 0 Å². The fraction of sp³-hybridized carbons (Fsp3) is 0.219. The first kappa shape index (κ1) is 37.6. The number of hydrogen-bond donors (Lipinski definition) is 1. The average Bonchev–Trinajstić information content (AvgIpc) is 2.88. The minimum Gasteiger partial charge on any atom is -1.00 e. The van der Waals surface area contributed by atoms with Gasteiger partial charge in [-0.2, -0.15) is 0 Å². The molecule has 213 valence electrons. The van der Waals surface area contributed by atoms with Crippen LogP contribution in [0.1, 0.15) is 61.0 Å². The molecular formula is C32H36BF3LiO4. The van der Waals surface area contributed by atoms with Crippen LogP contribution in [0.4, 0.5) is 13.5 Å². The van der Waals surface area contributed by atoms with Gasteiger partial charge in [0.1, 0.15) is 36.3 Å². The van der Waals surface area contributed by atoms with Crippen molar-refractivity contribution >= 4 is 14.2 Å². The Balaban J connectivity index is -0.000000667. The van der Waals surface area contributed by atoms with Crippen molar-refractivity contribution < 1.29 is 54.6 Å². The number of halogens is 3. The molecule has 0 fully saturated rings. The van der Waals surface area contributed by atoms with Crippen LogP contribution in [-0.4, -0.2) is 19.3 Å². The standard InChI is InChI=1S/C16H17FO2.C16H15FO2.B.FH.Li.H2.H/c2*1-11-3-5-13(6-4-11)10-19-14-7-8-15(12(2)18)16(17)9-14;;;;;/h3-9,12,18H,10H2,1-2H3;3-9H,10H2,1-2H3;;1H;;1H;/q;;;;+1;;-1/i;;;;;1+2;. The third-order valence-corrected chi connectivity index (χ3v) is 5.79. The number of aliphatic hydroxyl groups is 1. The SMILES string of the molecule is CC(=O)c1ccc(OCc2ccc(C)cc2)cc1F.Cc1ccc(COc2ccc(C(C)O)c(F)c2)cc1.F.[3HH].[B].[H-].[Li+]. The number of rotatable bonds is 8. The maximum Gasteiger partial charge on any atom is 1.00 e. The van der Waals surface area contributed by atoms with Crippen molar-refractivity contribution in [3.05, 3.63) is 130 Å². The van der Waals surface area contributed by atoms with Gasteiger partial charge in [-0.1, -0.05) is 59.7 Å². The van der Waals surface area contributed by atoms with E-state index in [1.807, 2.05) is 62.4 Å². The smallest absolute Gasteiger partial charge is 1.00 e. The number of hydrogen-bond acceptors (Lipinski definition) is 4. The number of aliphatic hydroxyl groups excluding tert-OH is 1. The van der Waals surface area contributed by atoms with E-state index in [0.29, 0.717) is 24.7 Å². The molecule has 0 bridgehead atoms. The van der Waals surface area contributed by atoms with E-state index in [0.717, 1.165) is 11.1 Å². The first-order valence-electron chi connectivity index (χ1n) is 12.3. The molecular weight excluding hydrogens is 523 g/mol. The quantitative estimate of drug-likeness (QED) is 0.248. The monoisotopic (exact) mass is 561 g/mol. The summed E-state index contributed by atoms with van der Waals surface area (Å²) >= 11 is 0. The second-order valence-corrected chi connectivity index (χ2v) is 9.11. The summed E-state index contributed by atoms with van der Waals surface area (Å²) in [6.07, 6.45) is -0.814. The fourth-order valence-corrected chi connectivity index (χ4v) is 3.51. The van der Waals surface area contributed by atoms with Crippen molar-refractivity contribution in [2.24, 2.45) is 0 Å². The van der Waals surface area contributed by atoms with E-state index in [9.17, 15) is 18.7 Å². The van der Waals surface area contributed by atoms with Crippen molar-refractivity contribution in [1.82, 2.24) is 0 Å². The molecule has 0 heterocycles. The van der Waals surface area contributed by atoms with Crippen LogP contribution >= 0.6 is 0 Å². The first-order chi connectivity index (χ1) is 18.1. The van der Waals surface area contributed by atoms with Crippen molar-refractivity contribution in [2.75, 3.05) is 0 Å². The zero-order chi connectivity index (χ0) is 27.7. The third-order valence-electron chi connectivity index (χ3n) is 5.79. The van der Waals surface area contributed by atoms with Gasteiger partial charge in [0.15, 0.2) is 5.78 Å². The summed E-state index contributed by atoms with van der Waals surface area (Å²) in [6.45, 7) is 7.68. The normalized spacial score (nSPS) is 10.4. The molecule has 0 saturated heterocycles. The maximum atomic E-state index is 13.6. The fourth-order valence-electron chi connectivity index (χ4n) is 3.51. The van der Waals surface area contributed by atoms with E-state index in [4.69, 9.17) is 9.47 Å². The first-order valence-corrected chi connectivity index (χ1v) is 12.3. The van der Waals surface area contributed by atoms with E-state index in [2.05, 4.69) is 0 Å². The van der Waals surface area contributed by atoms with Gasteiger partial charge in [0.2, 0.25) is 0 Å². The molecule has 0 saturated carbocycles. The van der Waals surface area contributed by atoms with E-state index >= 15 is 0 Å². The van der Waals surface area contributed by atoms with Gasteiger partial charge in [0.25, 0.3) is 0 Å². The molecule has 4 aromatic rings. The van der Waals surface area contributed by atoms with Gasteiger partial charge < -0.3 is 16.0 Å². The van der Waals surface area contributed by atoms with Crippen LogP contribution in [0.2, 0.25) is 0 Å². The summed E-state index contributed by atoms with van der Waals surface area (Å²) in [5, 5.41) is 9.35. The van der Waals surface area contributed by atoms with Gasteiger partial charge in [-0.3, -0.25) is 9.50 Å². The van der Waals surface area contributed by atoms with E-state index < -0.39 is 17.7 Å². The Morgan fingerprint density at radius 3 is 1.59 bits per heavy atom. The number of benzene rings is 4. The molecule has 0 spiro atoms. The summed E-state index contributed by atoms with van der Waals surface area (Å²) in [6, 6.07) is 24.7. The van der Waals surface area contributed by atoms with Crippen LogP contribution < -0.4 is 28.3 Å². The Labute approximate surface area is 256 Å². The molecule has 1 atom stereocenters. The van der Waals surface area contributed by atoms with Gasteiger partial charge >= 0.3 is 18.9 Å². The minimum absolute atomic E-state index is 0. The Hall–Kier alpha value is -3.44. The summed E-state index contributed by atoms with van der Waals surface area (Å²) in [5.74, 6) is -0.404. The molecule has 4 aromatic carbocycles. The molecule has 4 rings (SSSR count). The van der Waals surface area contributed by atoms with Crippen LogP contribution in [0.5, 0.6) is 11.5 Å². The third kappa shape index (κ3) is 11.9. The molecule has 0 aromatic heterocycles. The topological polar surface area (TPSA) is 55.8 Å². The average molecular weight is 561 g/mol. The van der Waals surface area contributed by atoms with Gasteiger partial charge in [-0.05, 0) is 63.1 Å². The van der Waals surface area contributed by atoms with Gasteiger partial charge in [-0.25, -0.2) is 8.78 Å². The number of carbonyl (C=O) groups is 1. The second-order valence-electron chi connectivity index (χ2n) is 9.11. The summed E-state index contributed by atoms with van der Waals surface area (Å²) in [5.41, 5.74) is 4.79. The van der Waals surface area contributed by atoms with E-state index in [-0.39, 0.29) is 51.7 Å². The molecule has 1 unspecified atom stereocenters. The predicted molar refractivity (Wildman–Crippen MR) is 156 cm³/mol. The number of aryl methyl sites for hydroxylation is 2. The number of ketones is 1. The van der Waals surface area contributed by atoms with Crippen LogP contribution in [0.3, 0.4) is 0 Å². The van der Waals surface area contributed by atoms with Gasteiger partial charge in [-0.15, -0.1) is 0 Å². The van der Waals surface area contributed by atoms with Crippen molar-refractivity contribution in [3.8, 4) is 11.5 Å². The van der Waals surface area contributed by atoms with Crippen LogP contribution in [0, 0.1) is 25.5 Å². The summed E-state index contributed by atoms with van der Waals surface area (Å²) in [4.78, 5) is 11.1. The number of Topliss-reactive ketones (excluding diaryl/α,β-unsaturated/α-hetero) is 1. The second kappa shape index (κ2) is 18.1. The molecule has 41 heavy (non-hydrogen) atoms. The van der Waals surface area contributed by atoms with Crippen molar-refractivity contribution in [1.29, 1.82) is 0 Å². The van der Waals surface area contributed by atoms with E-state index in [1.165, 1.54) is 43.2 Å². The molecule has 0 aliphatic rings. The summed E-state index contributed by atoms with van der Waals surface area (Å²) < 4.78 is 38.2. The van der Waals surface area contributed by atoms with Crippen molar-refractivity contribution in [2.45, 2.75) is 47.0 Å². The largest absolute Gasteiger partial charge is 1.00 e. The molecule has 0 aliphatic heterocycles. The Bertz CT molecular complexity index is 1380. The minimum atomic E-state index is -0.814. The van der Waals surface area contributed by atoms with E-state index in [1.54, 1.807) is 18.2 Å². The molecule has 9 heteroatoms. The molecule has 3 radical (unpaired) electrons. The Morgan fingerprint density at radius 2 is 1.22 bits per heavy atom. The van der Waals surface area contributed by atoms with Crippen LogP contribution in [-0.2, 0) is 13.2 Å². The number of ether oxygens (including phenoxy) is 2. The zero-order valence-electron chi connectivity index (χ0n) is 25.0. The van der Waals surface area contributed by atoms with Gasteiger partial charge in [0, 0.05) is 27.5 Å². The summed E-state index contributed by atoms with van der Waals surface area (Å²) in [7, 11) is 0. The molecule has 4 nitrogen and oxygen atoms in total. The van der Waals surface area contributed by atoms with Crippen LogP contribution in [0.15, 0.2) is 84.9 Å². The predicted octanol–water partition coefficient (Wildman–Crippen LogP) is 4.82. The Morgan fingerprint density at radius 1 is 0.805 bits per heavy atom. The maximum absolute atomic E-state index is 13.6. The molecule has 0 aliphatic carbocycles.